The van der Waals surface area contributed by atoms with E-state index in [9.17, 15) is 13.2 Å². The summed E-state index contributed by atoms with van der Waals surface area (Å²) in [5, 5.41) is 3.01. The summed E-state index contributed by atoms with van der Waals surface area (Å²) in [5.74, 6) is -0.224. The normalized spacial score (nSPS) is 14.7. The van der Waals surface area contributed by atoms with Crippen LogP contribution < -0.4 is 5.32 Å². The maximum atomic E-state index is 13.0. The molecule has 0 atom stereocenters. The minimum atomic E-state index is -3.45. The van der Waals surface area contributed by atoms with E-state index in [0.717, 1.165) is 16.7 Å². The molecule has 1 heterocycles. The van der Waals surface area contributed by atoms with Crippen LogP contribution in [0.5, 0.6) is 0 Å². The van der Waals surface area contributed by atoms with Gasteiger partial charge in [0.05, 0.1) is 19.0 Å². The van der Waals surface area contributed by atoms with Crippen LogP contribution >= 0.6 is 0 Å². The predicted octanol–water partition coefficient (Wildman–Crippen LogP) is 3.69. The molecule has 1 N–H and O–H groups in total. The van der Waals surface area contributed by atoms with Gasteiger partial charge in [0.2, 0.25) is 15.9 Å². The second-order valence-electron chi connectivity index (χ2n) is 8.39. The van der Waals surface area contributed by atoms with Crippen LogP contribution in [-0.4, -0.2) is 44.9 Å². The third-order valence-corrected chi connectivity index (χ3v) is 7.92. The van der Waals surface area contributed by atoms with Gasteiger partial charge in [0, 0.05) is 32.0 Å². The van der Waals surface area contributed by atoms with Crippen LogP contribution in [0.4, 0.5) is 0 Å². The molecule has 0 saturated carbocycles. The predicted molar refractivity (Wildman–Crippen MR) is 133 cm³/mol. The molecule has 0 aromatic heterocycles. The van der Waals surface area contributed by atoms with Crippen molar-refractivity contribution in [2.24, 2.45) is 0 Å². The van der Waals surface area contributed by atoms with Crippen molar-refractivity contribution in [1.82, 2.24) is 9.62 Å². The Hall–Kier alpha value is -3.00. The number of benzene rings is 3. The molecule has 1 saturated heterocycles. The third kappa shape index (κ3) is 6.32. The van der Waals surface area contributed by atoms with Gasteiger partial charge in [0.1, 0.15) is 0 Å². The van der Waals surface area contributed by atoms with Crippen molar-refractivity contribution in [3.8, 4) is 0 Å². The van der Waals surface area contributed by atoms with Gasteiger partial charge in [-0.05, 0) is 22.3 Å². The second-order valence-corrected chi connectivity index (χ2v) is 10.4. The molecule has 6 nitrogen and oxygen atoms in total. The van der Waals surface area contributed by atoms with Crippen molar-refractivity contribution in [3.63, 3.8) is 0 Å². The Morgan fingerprint density at radius 2 is 1.35 bits per heavy atom. The SMILES string of the molecule is O=C(CC(c1ccccc1)c1ccccc1)NCc1ccccc1CS(=O)(=O)N1CCOCC1. The van der Waals surface area contributed by atoms with Gasteiger partial charge in [-0.2, -0.15) is 4.31 Å². The summed E-state index contributed by atoms with van der Waals surface area (Å²) >= 11 is 0. The molecule has 0 aliphatic carbocycles. The first kappa shape index (κ1) is 24.1. The lowest BCUT2D eigenvalue weighted by atomic mass is 9.88. The Bertz CT molecular complexity index is 1140. The van der Waals surface area contributed by atoms with Gasteiger partial charge < -0.3 is 10.1 Å². The average molecular weight is 479 g/mol. The molecule has 7 heteroatoms. The molecule has 0 unspecified atom stereocenters. The molecule has 1 aliphatic heterocycles. The number of nitrogens with zero attached hydrogens (tertiary/aromatic N) is 1. The number of hydrogen-bond acceptors (Lipinski definition) is 4. The van der Waals surface area contributed by atoms with Crippen LogP contribution in [0.2, 0.25) is 0 Å². The highest BCUT2D eigenvalue weighted by atomic mass is 32.2. The zero-order valence-electron chi connectivity index (χ0n) is 19.1. The highest BCUT2D eigenvalue weighted by Crippen LogP contribution is 2.28. The summed E-state index contributed by atoms with van der Waals surface area (Å²) < 4.78 is 32.5. The Kier molecular flexibility index (Phi) is 8.11. The Morgan fingerprint density at radius 1 is 0.824 bits per heavy atom. The Labute approximate surface area is 201 Å². The average Bonchev–Trinajstić information content (AvgIpc) is 2.88. The fourth-order valence-electron chi connectivity index (χ4n) is 4.23. The highest BCUT2D eigenvalue weighted by Gasteiger charge is 2.25. The number of ether oxygens (including phenoxy) is 1. The first-order valence-electron chi connectivity index (χ1n) is 11.5. The van der Waals surface area contributed by atoms with E-state index in [4.69, 9.17) is 4.74 Å². The molecule has 1 aliphatic rings. The zero-order valence-corrected chi connectivity index (χ0v) is 19.9. The summed E-state index contributed by atoms with van der Waals surface area (Å²) in [6.07, 6.45) is 0.308. The van der Waals surface area contributed by atoms with Gasteiger partial charge in [-0.1, -0.05) is 84.9 Å². The van der Waals surface area contributed by atoms with Gasteiger partial charge >= 0.3 is 0 Å². The lowest BCUT2D eigenvalue weighted by Gasteiger charge is -2.26. The monoisotopic (exact) mass is 478 g/mol. The van der Waals surface area contributed by atoms with Crippen LogP contribution in [0, 0.1) is 0 Å². The highest BCUT2D eigenvalue weighted by molar-refractivity contribution is 7.88. The molecule has 1 fully saturated rings. The van der Waals surface area contributed by atoms with E-state index < -0.39 is 10.0 Å². The fraction of sp³-hybridized carbons (Fsp3) is 0.296. The van der Waals surface area contributed by atoms with E-state index in [2.05, 4.69) is 5.32 Å². The number of nitrogens with one attached hydrogen (secondary N) is 1. The number of carbonyl (C=O) groups excluding carboxylic acids is 1. The summed E-state index contributed by atoms with van der Waals surface area (Å²) in [6, 6.07) is 27.4. The number of amides is 1. The maximum Gasteiger partial charge on any atom is 0.221 e. The van der Waals surface area contributed by atoms with Crippen LogP contribution in [0.3, 0.4) is 0 Å². The Balaban J connectivity index is 1.43. The maximum absolute atomic E-state index is 13.0. The number of morpholine rings is 1. The molecule has 0 spiro atoms. The molecule has 1 amide bonds. The van der Waals surface area contributed by atoms with E-state index in [-0.39, 0.29) is 24.1 Å². The van der Waals surface area contributed by atoms with Crippen LogP contribution in [0.1, 0.15) is 34.6 Å². The minimum absolute atomic E-state index is 0.0562. The molecule has 4 rings (SSSR count). The van der Waals surface area contributed by atoms with Crippen molar-refractivity contribution in [3.05, 3.63) is 107 Å². The van der Waals surface area contributed by atoms with Crippen molar-refractivity contribution in [2.45, 2.75) is 24.6 Å². The van der Waals surface area contributed by atoms with Gasteiger partial charge in [-0.15, -0.1) is 0 Å². The van der Waals surface area contributed by atoms with E-state index >= 15 is 0 Å². The standard InChI is InChI=1S/C27H30N2O4S/c30-27(19-26(22-9-3-1-4-10-22)23-11-5-2-6-12-23)28-20-24-13-7-8-14-25(24)21-34(31,32)29-15-17-33-18-16-29/h1-14,26H,15-21H2,(H,28,30). The van der Waals surface area contributed by atoms with Crippen molar-refractivity contribution < 1.29 is 17.9 Å². The van der Waals surface area contributed by atoms with Crippen LogP contribution in [-0.2, 0) is 31.9 Å². The largest absolute Gasteiger partial charge is 0.379 e. The molecular formula is C27H30N2O4S. The molecule has 3 aromatic rings. The molecule has 0 radical (unpaired) electrons. The number of carbonyl (C=O) groups is 1. The van der Waals surface area contributed by atoms with Crippen LogP contribution in [0.25, 0.3) is 0 Å². The zero-order chi connectivity index (χ0) is 23.8. The van der Waals surface area contributed by atoms with E-state index in [0.29, 0.717) is 38.3 Å². The lowest BCUT2D eigenvalue weighted by Crippen LogP contribution is -2.41. The van der Waals surface area contributed by atoms with Crippen molar-refractivity contribution in [2.75, 3.05) is 26.3 Å². The van der Waals surface area contributed by atoms with Gasteiger partial charge in [-0.3, -0.25) is 4.79 Å². The van der Waals surface area contributed by atoms with Crippen molar-refractivity contribution in [1.29, 1.82) is 0 Å². The molecule has 3 aromatic carbocycles. The topological polar surface area (TPSA) is 75.7 Å². The van der Waals surface area contributed by atoms with Gasteiger partial charge in [0.15, 0.2) is 0 Å². The summed E-state index contributed by atoms with van der Waals surface area (Å²) in [6.45, 7) is 1.87. The van der Waals surface area contributed by atoms with Gasteiger partial charge in [0.25, 0.3) is 0 Å². The summed E-state index contributed by atoms with van der Waals surface area (Å²) in [4.78, 5) is 13.0. The minimum Gasteiger partial charge on any atom is -0.379 e. The fourth-order valence-corrected chi connectivity index (χ4v) is 5.80. The van der Waals surface area contributed by atoms with Crippen molar-refractivity contribution >= 4 is 15.9 Å². The number of hydrogen-bond donors (Lipinski definition) is 1. The summed E-state index contributed by atoms with van der Waals surface area (Å²) in [7, 11) is -3.45. The van der Waals surface area contributed by atoms with Crippen LogP contribution in [0.15, 0.2) is 84.9 Å². The molecular weight excluding hydrogens is 448 g/mol. The first-order chi connectivity index (χ1) is 16.5. The van der Waals surface area contributed by atoms with E-state index in [1.54, 1.807) is 0 Å². The quantitative estimate of drug-likeness (QED) is 0.509. The van der Waals surface area contributed by atoms with E-state index in [1.807, 2.05) is 84.9 Å². The molecule has 0 bridgehead atoms. The first-order valence-corrected chi connectivity index (χ1v) is 13.1. The second kappa shape index (κ2) is 11.4. The molecule has 178 valence electrons. The van der Waals surface area contributed by atoms with E-state index in [1.165, 1.54) is 4.31 Å². The number of rotatable bonds is 9. The molecule has 34 heavy (non-hydrogen) atoms. The smallest absolute Gasteiger partial charge is 0.221 e. The summed E-state index contributed by atoms with van der Waals surface area (Å²) in [5.41, 5.74) is 3.68. The Morgan fingerprint density at radius 3 is 1.94 bits per heavy atom. The number of sulfonamides is 1. The van der Waals surface area contributed by atoms with Gasteiger partial charge in [-0.25, -0.2) is 8.42 Å². The third-order valence-electron chi connectivity index (χ3n) is 6.09. The lowest BCUT2D eigenvalue weighted by molar-refractivity contribution is -0.121.